The molecule has 0 aliphatic rings. The second kappa shape index (κ2) is 7.08. The Bertz CT molecular complexity index is 823. The van der Waals surface area contributed by atoms with E-state index in [-0.39, 0.29) is 12.5 Å². The van der Waals surface area contributed by atoms with Crippen LogP contribution in [0.3, 0.4) is 0 Å². The van der Waals surface area contributed by atoms with E-state index in [1.807, 2.05) is 35.0 Å². The van der Waals surface area contributed by atoms with Crippen molar-refractivity contribution in [2.24, 2.45) is 0 Å². The summed E-state index contributed by atoms with van der Waals surface area (Å²) in [5.41, 5.74) is 2.40. The fourth-order valence-corrected chi connectivity index (χ4v) is 2.50. The van der Waals surface area contributed by atoms with Crippen molar-refractivity contribution in [1.82, 2.24) is 25.2 Å². The molecule has 0 aliphatic carbocycles. The molecule has 0 saturated heterocycles. The van der Waals surface area contributed by atoms with Crippen LogP contribution >= 0.6 is 0 Å². The number of aromatic nitrogens is 4. The number of hydrogen-bond donors (Lipinski definition) is 1. The summed E-state index contributed by atoms with van der Waals surface area (Å²) in [6.07, 6.45) is 3.29. The maximum Gasteiger partial charge on any atom is 0.255 e. The average Bonchev–Trinajstić information content (AvgIpc) is 3.20. The molecule has 0 aliphatic heterocycles. The van der Waals surface area contributed by atoms with Gasteiger partial charge in [-0.25, -0.2) is 4.68 Å². The Balaban J connectivity index is 1.82. The zero-order valence-corrected chi connectivity index (χ0v) is 13.7. The van der Waals surface area contributed by atoms with Crippen LogP contribution in [-0.4, -0.2) is 25.8 Å². The van der Waals surface area contributed by atoms with E-state index in [0.29, 0.717) is 17.3 Å². The second-order valence-corrected chi connectivity index (χ2v) is 5.41. The van der Waals surface area contributed by atoms with Crippen molar-refractivity contribution in [1.29, 1.82) is 0 Å². The van der Waals surface area contributed by atoms with Gasteiger partial charge < -0.3 is 9.84 Å². The van der Waals surface area contributed by atoms with E-state index in [1.165, 1.54) is 0 Å². The Hall–Kier alpha value is -2.96. The second-order valence-electron chi connectivity index (χ2n) is 5.41. The normalized spacial score (nSPS) is 10.8. The number of carbonyl (C=O) groups is 1. The molecule has 7 heteroatoms. The van der Waals surface area contributed by atoms with Crippen LogP contribution in [0, 0.1) is 6.92 Å². The van der Waals surface area contributed by atoms with E-state index in [0.717, 1.165) is 24.2 Å². The monoisotopic (exact) mass is 325 g/mol. The number of benzene rings is 1. The highest BCUT2D eigenvalue weighted by Gasteiger charge is 2.18. The predicted molar refractivity (Wildman–Crippen MR) is 87.8 cm³/mol. The number of para-hydroxylation sites is 1. The molecule has 1 amide bonds. The molecule has 2 heterocycles. The minimum atomic E-state index is -0.192. The van der Waals surface area contributed by atoms with Crippen LogP contribution in [-0.2, 0) is 13.0 Å². The standard InChI is InChI=1S/C17H19N5O2/c1-3-7-15-14(10-19-22(15)13-8-5-4-6-9-13)17(23)18-11-16-20-12(2)24-21-16/h4-6,8-10H,3,7,11H2,1-2H3,(H,18,23). The van der Waals surface area contributed by atoms with E-state index in [2.05, 4.69) is 27.5 Å². The molecule has 0 atom stereocenters. The van der Waals surface area contributed by atoms with E-state index < -0.39 is 0 Å². The van der Waals surface area contributed by atoms with Gasteiger partial charge in [0.25, 0.3) is 5.91 Å². The lowest BCUT2D eigenvalue weighted by Gasteiger charge is -2.09. The fraction of sp³-hybridized carbons (Fsp3) is 0.294. The molecule has 3 aromatic rings. The molecule has 2 aromatic heterocycles. The van der Waals surface area contributed by atoms with Gasteiger partial charge in [-0.2, -0.15) is 10.1 Å². The molecule has 1 N–H and O–H groups in total. The van der Waals surface area contributed by atoms with Gasteiger partial charge in [-0.15, -0.1) is 0 Å². The van der Waals surface area contributed by atoms with Crippen LogP contribution in [0.1, 0.15) is 41.1 Å². The molecule has 0 spiro atoms. The molecule has 24 heavy (non-hydrogen) atoms. The van der Waals surface area contributed by atoms with Gasteiger partial charge in [0.2, 0.25) is 5.89 Å². The Labute approximate surface area is 139 Å². The Kier molecular flexibility index (Phi) is 4.69. The lowest BCUT2D eigenvalue weighted by Crippen LogP contribution is -2.24. The molecule has 124 valence electrons. The van der Waals surface area contributed by atoms with Crippen molar-refractivity contribution in [3.05, 3.63) is 59.5 Å². The molecule has 1 aromatic carbocycles. The molecule has 0 unspecified atom stereocenters. The zero-order chi connectivity index (χ0) is 16.9. The van der Waals surface area contributed by atoms with Crippen molar-refractivity contribution in [2.45, 2.75) is 33.2 Å². The topological polar surface area (TPSA) is 85.8 Å². The highest BCUT2D eigenvalue weighted by Crippen LogP contribution is 2.17. The van der Waals surface area contributed by atoms with Gasteiger partial charge in [0.05, 0.1) is 29.7 Å². The summed E-state index contributed by atoms with van der Waals surface area (Å²) >= 11 is 0. The summed E-state index contributed by atoms with van der Waals surface area (Å²) in [5, 5.41) is 11.0. The highest BCUT2D eigenvalue weighted by molar-refractivity contribution is 5.95. The number of amides is 1. The lowest BCUT2D eigenvalue weighted by atomic mass is 10.1. The fourth-order valence-electron chi connectivity index (χ4n) is 2.50. The summed E-state index contributed by atoms with van der Waals surface area (Å²) in [5.74, 6) is 0.735. The van der Waals surface area contributed by atoms with Crippen molar-refractivity contribution in [3.63, 3.8) is 0 Å². The van der Waals surface area contributed by atoms with Crippen molar-refractivity contribution in [2.75, 3.05) is 0 Å². The van der Waals surface area contributed by atoms with Crippen LogP contribution in [0.4, 0.5) is 0 Å². The third-order valence-electron chi connectivity index (χ3n) is 3.58. The van der Waals surface area contributed by atoms with Crippen LogP contribution in [0.2, 0.25) is 0 Å². The van der Waals surface area contributed by atoms with E-state index >= 15 is 0 Å². The number of nitrogens with one attached hydrogen (secondary N) is 1. The number of hydrogen-bond acceptors (Lipinski definition) is 5. The molecular weight excluding hydrogens is 306 g/mol. The SMILES string of the molecule is CCCc1c(C(=O)NCc2noc(C)n2)cnn1-c1ccccc1. The molecule has 7 nitrogen and oxygen atoms in total. The molecule has 3 rings (SSSR count). The predicted octanol–water partition coefficient (Wildman–Crippen LogP) is 2.45. The molecule has 0 radical (unpaired) electrons. The highest BCUT2D eigenvalue weighted by atomic mass is 16.5. The third-order valence-corrected chi connectivity index (χ3v) is 3.58. The van der Waals surface area contributed by atoms with Crippen LogP contribution in [0.25, 0.3) is 5.69 Å². The van der Waals surface area contributed by atoms with Crippen LogP contribution in [0.5, 0.6) is 0 Å². The first kappa shape index (κ1) is 15.9. The van der Waals surface area contributed by atoms with Crippen LogP contribution < -0.4 is 5.32 Å². The summed E-state index contributed by atoms with van der Waals surface area (Å²) in [4.78, 5) is 16.6. The summed E-state index contributed by atoms with van der Waals surface area (Å²) in [6, 6.07) is 9.79. The maximum absolute atomic E-state index is 12.5. The molecular formula is C17H19N5O2. The quantitative estimate of drug-likeness (QED) is 0.752. The first-order chi connectivity index (χ1) is 11.7. The number of aryl methyl sites for hydroxylation is 1. The molecule has 0 saturated carbocycles. The van der Waals surface area contributed by atoms with Crippen molar-refractivity contribution < 1.29 is 9.32 Å². The Morgan fingerprint density at radius 1 is 1.29 bits per heavy atom. The van der Waals surface area contributed by atoms with Gasteiger partial charge in [0.1, 0.15) is 0 Å². The first-order valence-electron chi connectivity index (χ1n) is 7.88. The molecule has 0 fully saturated rings. The third kappa shape index (κ3) is 3.34. The maximum atomic E-state index is 12.5. The van der Waals surface area contributed by atoms with Gasteiger partial charge in [-0.1, -0.05) is 36.7 Å². The molecule has 0 bridgehead atoms. The summed E-state index contributed by atoms with van der Waals surface area (Å²) in [6.45, 7) is 4.01. The van der Waals surface area contributed by atoms with Gasteiger partial charge in [-0.3, -0.25) is 4.79 Å². The Morgan fingerprint density at radius 3 is 2.75 bits per heavy atom. The number of nitrogens with zero attached hydrogens (tertiary/aromatic N) is 4. The smallest absolute Gasteiger partial charge is 0.255 e. The number of rotatable bonds is 6. The van der Waals surface area contributed by atoms with Gasteiger partial charge >= 0.3 is 0 Å². The van der Waals surface area contributed by atoms with Gasteiger partial charge in [0, 0.05) is 6.92 Å². The van der Waals surface area contributed by atoms with E-state index in [9.17, 15) is 4.79 Å². The average molecular weight is 325 g/mol. The Morgan fingerprint density at radius 2 is 2.08 bits per heavy atom. The first-order valence-corrected chi connectivity index (χ1v) is 7.88. The summed E-state index contributed by atoms with van der Waals surface area (Å²) < 4.78 is 6.71. The minimum absolute atomic E-state index is 0.192. The van der Waals surface area contributed by atoms with Gasteiger partial charge in [-0.05, 0) is 18.6 Å². The zero-order valence-electron chi connectivity index (χ0n) is 13.7. The lowest BCUT2D eigenvalue weighted by molar-refractivity contribution is 0.0948. The largest absolute Gasteiger partial charge is 0.344 e. The van der Waals surface area contributed by atoms with Gasteiger partial charge in [0.15, 0.2) is 5.82 Å². The van der Waals surface area contributed by atoms with Crippen molar-refractivity contribution in [3.8, 4) is 5.69 Å². The van der Waals surface area contributed by atoms with Crippen molar-refractivity contribution >= 4 is 5.91 Å². The summed E-state index contributed by atoms with van der Waals surface area (Å²) in [7, 11) is 0. The number of carbonyl (C=O) groups excluding carboxylic acids is 1. The van der Waals surface area contributed by atoms with E-state index in [4.69, 9.17) is 4.52 Å². The van der Waals surface area contributed by atoms with E-state index in [1.54, 1.807) is 13.1 Å². The minimum Gasteiger partial charge on any atom is -0.344 e. The van der Waals surface area contributed by atoms with Crippen LogP contribution in [0.15, 0.2) is 41.1 Å².